The van der Waals surface area contributed by atoms with Crippen molar-refractivity contribution in [2.24, 2.45) is 0 Å². The third-order valence-corrected chi connectivity index (χ3v) is 5.27. The lowest BCUT2D eigenvalue weighted by Gasteiger charge is -2.15. The number of rotatable bonds is 4. The molecule has 3 rings (SSSR count). The number of aromatic carboxylic acids is 1. The summed E-state index contributed by atoms with van der Waals surface area (Å²) in [6, 6.07) is 11.6. The molecule has 0 radical (unpaired) electrons. The van der Waals surface area contributed by atoms with E-state index >= 15 is 0 Å². The molecule has 0 spiro atoms. The van der Waals surface area contributed by atoms with Crippen molar-refractivity contribution in [1.82, 2.24) is 0 Å². The SMILES string of the molecule is CN(C)c1ccc(C=C2SC(=S)N(c3ccc(O)c(C(=O)O)c3)C2=O)cc1. The fourth-order valence-electron chi connectivity index (χ4n) is 2.54. The number of carboxylic acids is 1. The maximum absolute atomic E-state index is 12.8. The summed E-state index contributed by atoms with van der Waals surface area (Å²) < 4.78 is 0.304. The van der Waals surface area contributed by atoms with Gasteiger partial charge in [0.1, 0.15) is 11.3 Å². The van der Waals surface area contributed by atoms with E-state index in [1.165, 1.54) is 23.1 Å². The molecule has 1 aliphatic rings. The average molecular weight is 400 g/mol. The summed E-state index contributed by atoms with van der Waals surface area (Å²) in [6.07, 6.45) is 1.75. The number of carbonyl (C=O) groups is 2. The number of hydrogen-bond acceptors (Lipinski definition) is 6. The van der Waals surface area contributed by atoms with E-state index in [0.717, 1.165) is 23.0 Å². The van der Waals surface area contributed by atoms with Crippen LogP contribution < -0.4 is 9.80 Å². The standard InChI is InChI=1S/C19H16N2O4S2/c1-20(2)12-5-3-11(4-6-12)9-16-17(23)21(19(26)27-16)13-7-8-15(22)14(10-13)18(24)25/h3-10,22H,1-2H3,(H,24,25). The Bertz CT molecular complexity index is 968. The first-order valence-corrected chi connectivity index (χ1v) is 9.12. The van der Waals surface area contributed by atoms with Crippen LogP contribution in [0.15, 0.2) is 47.4 Å². The van der Waals surface area contributed by atoms with Crippen LogP contribution in [-0.4, -0.2) is 40.5 Å². The van der Waals surface area contributed by atoms with Gasteiger partial charge < -0.3 is 15.1 Å². The molecule has 0 aliphatic carbocycles. The van der Waals surface area contributed by atoms with Gasteiger partial charge in [-0.25, -0.2) is 4.79 Å². The number of thiocarbonyl (C=S) groups is 1. The Morgan fingerprint density at radius 3 is 2.44 bits per heavy atom. The summed E-state index contributed by atoms with van der Waals surface area (Å²) in [5.74, 6) is -1.98. The number of nitrogens with zero attached hydrogens (tertiary/aromatic N) is 2. The highest BCUT2D eigenvalue weighted by Gasteiger charge is 2.33. The zero-order valence-electron chi connectivity index (χ0n) is 14.5. The molecule has 1 saturated heterocycles. The smallest absolute Gasteiger partial charge is 0.339 e. The molecule has 0 saturated carbocycles. The Hall–Kier alpha value is -2.84. The Balaban J connectivity index is 1.91. The molecule has 138 valence electrons. The maximum atomic E-state index is 12.8. The molecule has 0 bridgehead atoms. The van der Waals surface area contributed by atoms with Gasteiger partial charge in [-0.1, -0.05) is 36.1 Å². The number of aromatic hydroxyl groups is 1. The summed E-state index contributed by atoms with van der Waals surface area (Å²) in [7, 11) is 3.90. The van der Waals surface area contributed by atoms with E-state index in [1.807, 2.05) is 43.3 Å². The van der Waals surface area contributed by atoms with Gasteiger partial charge in [0.15, 0.2) is 4.32 Å². The van der Waals surface area contributed by atoms with Crippen LogP contribution in [0.25, 0.3) is 6.08 Å². The monoisotopic (exact) mass is 400 g/mol. The topological polar surface area (TPSA) is 81.1 Å². The zero-order valence-corrected chi connectivity index (χ0v) is 16.2. The minimum absolute atomic E-state index is 0.287. The minimum Gasteiger partial charge on any atom is -0.507 e. The second-order valence-electron chi connectivity index (χ2n) is 6.01. The van der Waals surface area contributed by atoms with E-state index in [0.29, 0.717) is 14.9 Å². The van der Waals surface area contributed by atoms with E-state index < -0.39 is 5.97 Å². The Morgan fingerprint density at radius 2 is 1.85 bits per heavy atom. The van der Waals surface area contributed by atoms with Crippen molar-refractivity contribution in [2.45, 2.75) is 0 Å². The summed E-state index contributed by atoms with van der Waals surface area (Å²) in [6.45, 7) is 0. The lowest BCUT2D eigenvalue weighted by molar-refractivity contribution is -0.113. The Labute approximate surface area is 165 Å². The fourth-order valence-corrected chi connectivity index (χ4v) is 3.84. The quantitative estimate of drug-likeness (QED) is 0.600. The van der Waals surface area contributed by atoms with Crippen molar-refractivity contribution in [3.63, 3.8) is 0 Å². The molecule has 0 aromatic heterocycles. The van der Waals surface area contributed by atoms with Gasteiger partial charge in [0.25, 0.3) is 5.91 Å². The molecule has 2 aromatic carbocycles. The maximum Gasteiger partial charge on any atom is 0.339 e. The third kappa shape index (κ3) is 3.81. The second-order valence-corrected chi connectivity index (χ2v) is 7.69. The molecule has 27 heavy (non-hydrogen) atoms. The predicted octanol–water partition coefficient (Wildman–Crippen LogP) is 3.56. The van der Waals surface area contributed by atoms with Crippen molar-refractivity contribution in [1.29, 1.82) is 0 Å². The number of carboxylic acid groups (broad SMARTS) is 1. The number of hydrogen-bond donors (Lipinski definition) is 2. The molecule has 8 heteroatoms. The molecule has 1 amide bonds. The molecular weight excluding hydrogens is 384 g/mol. The highest BCUT2D eigenvalue weighted by Crippen LogP contribution is 2.37. The van der Waals surface area contributed by atoms with Gasteiger partial charge in [0.2, 0.25) is 0 Å². The predicted molar refractivity (Wildman–Crippen MR) is 111 cm³/mol. The number of thioether (sulfide) groups is 1. The fraction of sp³-hybridized carbons (Fsp3) is 0.105. The summed E-state index contributed by atoms with van der Waals surface area (Å²) >= 11 is 6.45. The Morgan fingerprint density at radius 1 is 1.19 bits per heavy atom. The first-order chi connectivity index (χ1) is 12.8. The zero-order chi connectivity index (χ0) is 19.7. The molecular formula is C19H16N2O4S2. The van der Waals surface area contributed by atoms with Crippen LogP contribution in [0.5, 0.6) is 5.75 Å². The largest absolute Gasteiger partial charge is 0.507 e. The first kappa shape index (κ1) is 18.9. The third-order valence-electron chi connectivity index (χ3n) is 3.97. The van der Waals surface area contributed by atoms with Crippen molar-refractivity contribution in [2.75, 3.05) is 23.9 Å². The van der Waals surface area contributed by atoms with Crippen LogP contribution in [0.1, 0.15) is 15.9 Å². The molecule has 1 aliphatic heterocycles. The molecule has 1 heterocycles. The number of anilines is 2. The van der Waals surface area contributed by atoms with Crippen molar-refractivity contribution in [3.05, 3.63) is 58.5 Å². The van der Waals surface area contributed by atoms with E-state index in [2.05, 4.69) is 0 Å². The van der Waals surface area contributed by atoms with Gasteiger partial charge in [0, 0.05) is 19.8 Å². The van der Waals surface area contributed by atoms with E-state index in [9.17, 15) is 14.7 Å². The van der Waals surface area contributed by atoms with Crippen molar-refractivity contribution in [3.8, 4) is 5.75 Å². The minimum atomic E-state index is -1.28. The normalized spacial score (nSPS) is 15.5. The van der Waals surface area contributed by atoms with Crippen molar-refractivity contribution >= 4 is 57.6 Å². The van der Waals surface area contributed by atoms with Crippen LogP contribution in [0, 0.1) is 0 Å². The number of amides is 1. The van der Waals surface area contributed by atoms with Gasteiger partial charge in [-0.2, -0.15) is 0 Å². The summed E-state index contributed by atoms with van der Waals surface area (Å²) in [4.78, 5) is 27.7. The second kappa shape index (κ2) is 7.42. The highest BCUT2D eigenvalue weighted by atomic mass is 32.2. The van der Waals surface area contributed by atoms with Crippen LogP contribution >= 0.6 is 24.0 Å². The van der Waals surface area contributed by atoms with E-state index in [1.54, 1.807) is 6.08 Å². The number of benzene rings is 2. The number of carbonyl (C=O) groups excluding carboxylic acids is 1. The van der Waals surface area contributed by atoms with E-state index in [-0.39, 0.29) is 17.2 Å². The highest BCUT2D eigenvalue weighted by molar-refractivity contribution is 8.27. The number of phenols is 1. The molecule has 2 N–H and O–H groups in total. The van der Waals surface area contributed by atoms with Crippen LogP contribution in [0.4, 0.5) is 11.4 Å². The molecule has 0 atom stereocenters. The lowest BCUT2D eigenvalue weighted by atomic mass is 10.1. The first-order valence-electron chi connectivity index (χ1n) is 7.89. The van der Waals surface area contributed by atoms with Gasteiger partial charge >= 0.3 is 5.97 Å². The molecule has 6 nitrogen and oxygen atoms in total. The molecule has 2 aromatic rings. The van der Waals surface area contributed by atoms with Gasteiger partial charge in [-0.05, 0) is 42.0 Å². The van der Waals surface area contributed by atoms with Crippen molar-refractivity contribution < 1.29 is 19.8 Å². The van der Waals surface area contributed by atoms with Gasteiger partial charge in [0.05, 0.1) is 10.6 Å². The molecule has 0 unspecified atom stereocenters. The van der Waals surface area contributed by atoms with E-state index in [4.69, 9.17) is 17.3 Å². The van der Waals surface area contributed by atoms with Crippen LogP contribution in [0.2, 0.25) is 0 Å². The molecule has 1 fully saturated rings. The van der Waals surface area contributed by atoms with Gasteiger partial charge in [-0.15, -0.1) is 0 Å². The van der Waals surface area contributed by atoms with Crippen LogP contribution in [0.3, 0.4) is 0 Å². The van der Waals surface area contributed by atoms with Gasteiger partial charge in [-0.3, -0.25) is 9.69 Å². The Kier molecular flexibility index (Phi) is 5.20. The lowest BCUT2D eigenvalue weighted by Crippen LogP contribution is -2.27. The van der Waals surface area contributed by atoms with Crippen LogP contribution in [-0.2, 0) is 4.79 Å². The average Bonchev–Trinajstić information content (AvgIpc) is 2.89. The summed E-state index contributed by atoms with van der Waals surface area (Å²) in [5, 5.41) is 18.8. The summed E-state index contributed by atoms with van der Waals surface area (Å²) in [5.41, 5.74) is 1.92.